The van der Waals surface area contributed by atoms with Crippen molar-refractivity contribution < 1.29 is 14.0 Å². The Bertz CT molecular complexity index is 451. The van der Waals surface area contributed by atoms with Gasteiger partial charge < -0.3 is 11.1 Å². The fourth-order valence-corrected chi connectivity index (χ4v) is 1.27. The molecule has 17 heavy (non-hydrogen) atoms. The van der Waals surface area contributed by atoms with E-state index in [1.807, 2.05) is 0 Å². The molecule has 0 fully saturated rings. The molecular formula is C11H12ClFN2O2. The summed E-state index contributed by atoms with van der Waals surface area (Å²) in [6, 6.07) is 3.61. The quantitative estimate of drug-likeness (QED) is 0.808. The number of nitrogens with one attached hydrogen (secondary N) is 1. The summed E-state index contributed by atoms with van der Waals surface area (Å²) in [6.45, 7) is 1.65. The van der Waals surface area contributed by atoms with Gasteiger partial charge in [-0.2, -0.15) is 0 Å². The van der Waals surface area contributed by atoms with Crippen LogP contribution in [-0.4, -0.2) is 17.7 Å². The second-order valence-corrected chi connectivity index (χ2v) is 3.91. The molecule has 2 amide bonds. The highest BCUT2D eigenvalue weighted by Gasteiger charge is 2.14. The fourth-order valence-electron chi connectivity index (χ4n) is 1.13. The van der Waals surface area contributed by atoms with Crippen LogP contribution < -0.4 is 11.1 Å². The van der Waals surface area contributed by atoms with Crippen molar-refractivity contribution in [1.82, 2.24) is 0 Å². The van der Waals surface area contributed by atoms with Gasteiger partial charge in [0.25, 0.3) is 5.91 Å². The first-order chi connectivity index (χ1) is 7.95. The number of alkyl halides is 1. The highest BCUT2D eigenvalue weighted by atomic mass is 35.5. The van der Waals surface area contributed by atoms with Crippen molar-refractivity contribution in [2.75, 3.05) is 11.2 Å². The molecule has 0 bridgehead atoms. The SMILES string of the molecule is CC(CCl)C(=O)Nc1ccc(F)c(C(N)=O)c1. The standard InChI is InChI=1S/C11H12ClFN2O2/c1-6(5-12)11(17)15-7-2-3-9(13)8(4-7)10(14)16/h2-4,6H,5H2,1H3,(H2,14,16)(H,15,17). The molecule has 1 atom stereocenters. The van der Waals surface area contributed by atoms with Gasteiger partial charge in [0.05, 0.1) is 5.56 Å². The Morgan fingerprint density at radius 3 is 2.71 bits per heavy atom. The highest BCUT2D eigenvalue weighted by Crippen LogP contribution is 2.15. The van der Waals surface area contributed by atoms with Gasteiger partial charge in [-0.25, -0.2) is 4.39 Å². The first kappa shape index (κ1) is 13.4. The zero-order valence-corrected chi connectivity index (χ0v) is 9.92. The number of rotatable bonds is 4. The number of primary amides is 1. The van der Waals surface area contributed by atoms with E-state index in [-0.39, 0.29) is 23.3 Å². The molecule has 0 aliphatic carbocycles. The molecule has 0 saturated heterocycles. The number of benzene rings is 1. The Morgan fingerprint density at radius 2 is 2.18 bits per heavy atom. The molecule has 3 N–H and O–H groups in total. The molecular weight excluding hydrogens is 247 g/mol. The van der Waals surface area contributed by atoms with Gasteiger partial charge >= 0.3 is 0 Å². The lowest BCUT2D eigenvalue weighted by Crippen LogP contribution is -2.22. The van der Waals surface area contributed by atoms with E-state index < -0.39 is 11.7 Å². The highest BCUT2D eigenvalue weighted by molar-refractivity contribution is 6.19. The van der Waals surface area contributed by atoms with Gasteiger partial charge in [0, 0.05) is 17.5 Å². The summed E-state index contributed by atoms with van der Waals surface area (Å²) in [5, 5.41) is 2.52. The molecule has 6 heteroatoms. The molecule has 0 spiro atoms. The van der Waals surface area contributed by atoms with Gasteiger partial charge in [-0.15, -0.1) is 11.6 Å². The van der Waals surface area contributed by atoms with Crippen LogP contribution in [0.5, 0.6) is 0 Å². The molecule has 0 radical (unpaired) electrons. The zero-order valence-electron chi connectivity index (χ0n) is 9.17. The molecule has 1 rings (SSSR count). The van der Waals surface area contributed by atoms with Crippen LogP contribution in [-0.2, 0) is 4.79 Å². The van der Waals surface area contributed by atoms with Gasteiger partial charge in [-0.1, -0.05) is 6.92 Å². The Morgan fingerprint density at radius 1 is 1.53 bits per heavy atom. The number of hydrogen-bond donors (Lipinski definition) is 2. The summed E-state index contributed by atoms with van der Waals surface area (Å²) in [4.78, 5) is 22.4. The van der Waals surface area contributed by atoms with Crippen LogP contribution in [0.4, 0.5) is 10.1 Å². The second kappa shape index (κ2) is 5.63. The average Bonchev–Trinajstić information content (AvgIpc) is 2.30. The summed E-state index contributed by atoms with van der Waals surface area (Å²) in [6.07, 6.45) is 0. The van der Waals surface area contributed by atoms with E-state index in [0.717, 1.165) is 6.07 Å². The lowest BCUT2D eigenvalue weighted by Gasteiger charge is -2.10. The minimum atomic E-state index is -0.885. The lowest BCUT2D eigenvalue weighted by molar-refractivity contribution is -0.118. The maximum Gasteiger partial charge on any atom is 0.251 e. The van der Waals surface area contributed by atoms with E-state index in [0.29, 0.717) is 5.69 Å². The Labute approximate surface area is 103 Å². The largest absolute Gasteiger partial charge is 0.366 e. The predicted molar refractivity (Wildman–Crippen MR) is 63.4 cm³/mol. The van der Waals surface area contributed by atoms with E-state index in [1.165, 1.54) is 12.1 Å². The summed E-state index contributed by atoms with van der Waals surface area (Å²) < 4.78 is 13.1. The Hall–Kier alpha value is -1.62. The zero-order chi connectivity index (χ0) is 13.0. The molecule has 4 nitrogen and oxygen atoms in total. The van der Waals surface area contributed by atoms with Crippen LogP contribution in [0.3, 0.4) is 0 Å². The minimum Gasteiger partial charge on any atom is -0.366 e. The molecule has 92 valence electrons. The van der Waals surface area contributed by atoms with Crippen LogP contribution in [0.15, 0.2) is 18.2 Å². The molecule has 0 aliphatic heterocycles. The molecule has 0 aromatic heterocycles. The van der Waals surface area contributed by atoms with Gasteiger partial charge in [-0.05, 0) is 18.2 Å². The summed E-state index contributed by atoms with van der Waals surface area (Å²) >= 11 is 5.53. The van der Waals surface area contributed by atoms with Crippen molar-refractivity contribution in [3.8, 4) is 0 Å². The third-order valence-corrected chi connectivity index (χ3v) is 2.64. The summed E-state index contributed by atoms with van der Waals surface area (Å²) in [7, 11) is 0. The van der Waals surface area contributed by atoms with Crippen molar-refractivity contribution >= 4 is 29.1 Å². The van der Waals surface area contributed by atoms with Crippen LogP contribution in [0.2, 0.25) is 0 Å². The average molecular weight is 259 g/mol. The predicted octanol–water partition coefficient (Wildman–Crippen LogP) is 1.74. The molecule has 1 aromatic rings. The van der Waals surface area contributed by atoms with Crippen molar-refractivity contribution in [3.63, 3.8) is 0 Å². The van der Waals surface area contributed by atoms with E-state index in [4.69, 9.17) is 17.3 Å². The van der Waals surface area contributed by atoms with E-state index in [2.05, 4.69) is 5.32 Å². The van der Waals surface area contributed by atoms with Crippen LogP contribution >= 0.6 is 11.6 Å². The first-order valence-corrected chi connectivity index (χ1v) is 5.45. The molecule has 0 aliphatic rings. The van der Waals surface area contributed by atoms with E-state index in [1.54, 1.807) is 6.92 Å². The van der Waals surface area contributed by atoms with Crippen molar-refractivity contribution in [2.45, 2.75) is 6.92 Å². The van der Waals surface area contributed by atoms with Gasteiger partial charge in [-0.3, -0.25) is 9.59 Å². The Balaban J connectivity index is 2.90. The van der Waals surface area contributed by atoms with Crippen LogP contribution in [0.25, 0.3) is 0 Å². The molecule has 0 saturated carbocycles. The second-order valence-electron chi connectivity index (χ2n) is 3.60. The molecule has 1 unspecified atom stereocenters. The van der Waals surface area contributed by atoms with Crippen molar-refractivity contribution in [1.29, 1.82) is 0 Å². The third-order valence-electron chi connectivity index (χ3n) is 2.18. The maximum atomic E-state index is 13.1. The van der Waals surface area contributed by atoms with Gasteiger partial charge in [0.2, 0.25) is 5.91 Å². The summed E-state index contributed by atoms with van der Waals surface area (Å²) in [5.74, 6) is -2.11. The smallest absolute Gasteiger partial charge is 0.251 e. The normalized spacial score (nSPS) is 11.9. The minimum absolute atomic E-state index is 0.176. The number of halogens is 2. The molecule has 1 aromatic carbocycles. The number of nitrogens with two attached hydrogens (primary N) is 1. The third kappa shape index (κ3) is 3.42. The number of amides is 2. The topological polar surface area (TPSA) is 72.2 Å². The van der Waals surface area contributed by atoms with Crippen LogP contribution in [0.1, 0.15) is 17.3 Å². The number of anilines is 1. The van der Waals surface area contributed by atoms with Gasteiger partial charge in [0.1, 0.15) is 5.82 Å². The van der Waals surface area contributed by atoms with Crippen molar-refractivity contribution in [2.24, 2.45) is 11.7 Å². The number of hydrogen-bond acceptors (Lipinski definition) is 2. The Kier molecular flexibility index (Phi) is 4.45. The van der Waals surface area contributed by atoms with Crippen molar-refractivity contribution in [3.05, 3.63) is 29.6 Å². The lowest BCUT2D eigenvalue weighted by atomic mass is 10.1. The fraction of sp³-hybridized carbons (Fsp3) is 0.273. The number of carbonyl (C=O) groups is 2. The maximum absolute atomic E-state index is 13.1. The van der Waals surface area contributed by atoms with Crippen LogP contribution in [0, 0.1) is 11.7 Å². The number of carbonyl (C=O) groups excluding carboxylic acids is 2. The van der Waals surface area contributed by atoms with Gasteiger partial charge in [0.15, 0.2) is 0 Å². The van der Waals surface area contributed by atoms with E-state index >= 15 is 0 Å². The monoisotopic (exact) mass is 258 g/mol. The van der Waals surface area contributed by atoms with E-state index in [9.17, 15) is 14.0 Å². The summed E-state index contributed by atoms with van der Waals surface area (Å²) in [5.41, 5.74) is 5.03. The molecule has 0 heterocycles. The first-order valence-electron chi connectivity index (χ1n) is 4.92.